The molecule has 0 radical (unpaired) electrons. The quantitative estimate of drug-likeness (QED) is 0.740. The Hall–Kier alpha value is -1.75. The molecule has 0 saturated carbocycles. The van der Waals surface area contributed by atoms with Crippen molar-refractivity contribution in [3.05, 3.63) is 33.7 Å². The molecule has 124 valence electrons. The highest BCUT2D eigenvalue weighted by molar-refractivity contribution is 8.18. The summed E-state index contributed by atoms with van der Waals surface area (Å²) in [5.74, 6) is 0.996. The van der Waals surface area contributed by atoms with Crippen LogP contribution >= 0.6 is 11.8 Å². The number of nitrogens with zero attached hydrogens (tertiary/aromatic N) is 1. The van der Waals surface area contributed by atoms with E-state index >= 15 is 0 Å². The molecule has 1 heterocycles. The highest BCUT2D eigenvalue weighted by atomic mass is 32.2. The Bertz CT molecular complexity index is 664. The molecule has 0 unspecified atom stereocenters. The van der Waals surface area contributed by atoms with Crippen molar-refractivity contribution in [1.29, 1.82) is 0 Å². The van der Waals surface area contributed by atoms with E-state index in [1.807, 2.05) is 26.0 Å². The van der Waals surface area contributed by atoms with Gasteiger partial charge >= 0.3 is 0 Å². The van der Waals surface area contributed by atoms with Crippen molar-refractivity contribution < 1.29 is 14.3 Å². The van der Waals surface area contributed by atoms with Gasteiger partial charge in [0.15, 0.2) is 0 Å². The molecule has 1 saturated heterocycles. The molecule has 0 aliphatic carbocycles. The molecule has 4 nitrogen and oxygen atoms in total. The normalized spacial score (nSPS) is 16.8. The summed E-state index contributed by atoms with van der Waals surface area (Å²) in [5.41, 5.74) is 3.10. The van der Waals surface area contributed by atoms with Crippen LogP contribution in [0.3, 0.4) is 0 Å². The molecular formula is C18H23NO3S. The zero-order valence-corrected chi connectivity index (χ0v) is 15.1. The van der Waals surface area contributed by atoms with Gasteiger partial charge in [0.25, 0.3) is 11.1 Å². The van der Waals surface area contributed by atoms with Crippen LogP contribution in [0.4, 0.5) is 4.79 Å². The number of aryl methyl sites for hydroxylation is 1. The van der Waals surface area contributed by atoms with E-state index in [1.165, 1.54) is 4.90 Å². The molecule has 1 aliphatic rings. The Morgan fingerprint density at radius 1 is 1.26 bits per heavy atom. The van der Waals surface area contributed by atoms with Crippen molar-refractivity contribution in [1.82, 2.24) is 4.90 Å². The van der Waals surface area contributed by atoms with Crippen molar-refractivity contribution >= 4 is 29.0 Å². The maximum Gasteiger partial charge on any atom is 0.293 e. The van der Waals surface area contributed by atoms with Crippen LogP contribution in [0, 0.1) is 6.92 Å². The molecule has 0 N–H and O–H groups in total. The summed E-state index contributed by atoms with van der Waals surface area (Å²) in [6.07, 6.45) is 1.82. The predicted molar refractivity (Wildman–Crippen MR) is 94.8 cm³/mol. The van der Waals surface area contributed by atoms with Gasteiger partial charge in [-0.2, -0.15) is 0 Å². The van der Waals surface area contributed by atoms with Crippen molar-refractivity contribution in [3.63, 3.8) is 0 Å². The van der Waals surface area contributed by atoms with Gasteiger partial charge in [-0.05, 0) is 73.4 Å². The maximum absolute atomic E-state index is 12.2. The molecule has 0 spiro atoms. The minimum atomic E-state index is -0.207. The van der Waals surface area contributed by atoms with E-state index < -0.39 is 0 Å². The Labute approximate surface area is 141 Å². The fourth-order valence-corrected chi connectivity index (χ4v) is 3.41. The standard InChI is InChI=1S/C18H23NO3S/c1-6-19-17(20)16(23-18(19)21)10-13-9-14(11(3)4)15(22-7-2)8-12(13)5/h8-11H,6-7H2,1-5H3. The summed E-state index contributed by atoms with van der Waals surface area (Å²) in [6, 6.07) is 4.07. The second-order valence-electron chi connectivity index (χ2n) is 5.76. The van der Waals surface area contributed by atoms with Crippen LogP contribution in [0.15, 0.2) is 17.0 Å². The Kier molecular flexibility index (Phi) is 5.52. The molecule has 0 aromatic heterocycles. The van der Waals surface area contributed by atoms with Gasteiger partial charge in [0.1, 0.15) is 5.75 Å². The summed E-state index contributed by atoms with van der Waals surface area (Å²) in [7, 11) is 0. The van der Waals surface area contributed by atoms with Crippen LogP contribution in [0.2, 0.25) is 0 Å². The Morgan fingerprint density at radius 3 is 2.48 bits per heavy atom. The molecule has 1 fully saturated rings. The minimum Gasteiger partial charge on any atom is -0.494 e. The molecule has 1 aromatic rings. The summed E-state index contributed by atoms with van der Waals surface area (Å²) in [6.45, 7) is 11.0. The van der Waals surface area contributed by atoms with Gasteiger partial charge in [0.2, 0.25) is 0 Å². The molecule has 2 rings (SSSR count). The third kappa shape index (κ3) is 3.61. The molecular weight excluding hydrogens is 310 g/mol. The second kappa shape index (κ2) is 7.21. The van der Waals surface area contributed by atoms with E-state index in [0.717, 1.165) is 34.2 Å². The monoisotopic (exact) mass is 333 g/mol. The number of thioether (sulfide) groups is 1. The van der Waals surface area contributed by atoms with Crippen molar-refractivity contribution in [2.75, 3.05) is 13.2 Å². The highest BCUT2D eigenvalue weighted by Gasteiger charge is 2.33. The molecule has 0 atom stereocenters. The number of likely N-dealkylation sites (N-methyl/N-ethyl adjacent to an activating group) is 1. The zero-order valence-electron chi connectivity index (χ0n) is 14.3. The number of rotatable bonds is 5. The van der Waals surface area contributed by atoms with E-state index in [2.05, 4.69) is 19.9 Å². The number of carbonyl (C=O) groups is 2. The van der Waals surface area contributed by atoms with Crippen LogP contribution in [-0.4, -0.2) is 29.2 Å². The molecule has 0 bridgehead atoms. The van der Waals surface area contributed by atoms with Gasteiger partial charge in [-0.15, -0.1) is 0 Å². The first-order valence-corrected chi connectivity index (χ1v) is 8.73. The lowest BCUT2D eigenvalue weighted by Crippen LogP contribution is -2.27. The Balaban J connectivity index is 2.44. The largest absolute Gasteiger partial charge is 0.494 e. The molecule has 2 amide bonds. The first kappa shape index (κ1) is 17.6. The topological polar surface area (TPSA) is 46.6 Å². The van der Waals surface area contributed by atoms with Crippen molar-refractivity contribution in [2.45, 2.75) is 40.5 Å². The van der Waals surface area contributed by atoms with Gasteiger partial charge in [-0.3, -0.25) is 14.5 Å². The number of ether oxygens (including phenoxy) is 1. The maximum atomic E-state index is 12.2. The lowest BCUT2D eigenvalue weighted by atomic mass is 9.96. The van der Waals surface area contributed by atoms with E-state index in [-0.39, 0.29) is 11.1 Å². The Morgan fingerprint density at radius 2 is 1.96 bits per heavy atom. The molecule has 1 aromatic carbocycles. The number of amides is 2. The van der Waals surface area contributed by atoms with Crippen LogP contribution in [0.5, 0.6) is 5.75 Å². The van der Waals surface area contributed by atoms with Crippen molar-refractivity contribution in [3.8, 4) is 5.75 Å². The summed E-state index contributed by atoms with van der Waals surface area (Å²) >= 11 is 1.01. The second-order valence-corrected chi connectivity index (χ2v) is 6.75. The van der Waals surface area contributed by atoms with Gasteiger partial charge < -0.3 is 4.74 Å². The van der Waals surface area contributed by atoms with E-state index in [1.54, 1.807) is 6.92 Å². The van der Waals surface area contributed by atoms with Gasteiger partial charge in [-0.25, -0.2) is 0 Å². The number of hydrogen-bond donors (Lipinski definition) is 0. The third-order valence-electron chi connectivity index (χ3n) is 3.80. The lowest BCUT2D eigenvalue weighted by Gasteiger charge is -2.16. The molecule has 1 aliphatic heterocycles. The third-order valence-corrected chi connectivity index (χ3v) is 4.70. The smallest absolute Gasteiger partial charge is 0.293 e. The lowest BCUT2D eigenvalue weighted by molar-refractivity contribution is -0.122. The first-order valence-electron chi connectivity index (χ1n) is 7.91. The van der Waals surface area contributed by atoms with Gasteiger partial charge in [-0.1, -0.05) is 13.8 Å². The number of carbonyl (C=O) groups excluding carboxylic acids is 2. The molecule has 5 heteroatoms. The SMILES string of the molecule is CCOc1cc(C)c(C=C2SC(=O)N(CC)C2=O)cc1C(C)C. The van der Waals surface area contributed by atoms with Crippen LogP contribution in [-0.2, 0) is 4.79 Å². The minimum absolute atomic E-state index is 0.198. The highest BCUT2D eigenvalue weighted by Crippen LogP contribution is 2.35. The van der Waals surface area contributed by atoms with Gasteiger partial charge in [0, 0.05) is 6.54 Å². The van der Waals surface area contributed by atoms with Crippen LogP contribution in [0.25, 0.3) is 6.08 Å². The van der Waals surface area contributed by atoms with E-state index in [9.17, 15) is 9.59 Å². The summed E-state index contributed by atoms with van der Waals surface area (Å²) in [4.78, 5) is 25.8. The summed E-state index contributed by atoms with van der Waals surface area (Å²) < 4.78 is 5.72. The predicted octanol–water partition coefficient (Wildman–Crippen LogP) is 4.57. The number of hydrogen-bond acceptors (Lipinski definition) is 4. The first-order chi connectivity index (χ1) is 10.9. The zero-order chi connectivity index (χ0) is 17.1. The van der Waals surface area contributed by atoms with Crippen LogP contribution in [0.1, 0.15) is 50.3 Å². The average molecular weight is 333 g/mol. The fraction of sp³-hybridized carbons (Fsp3) is 0.444. The fourth-order valence-electron chi connectivity index (χ4n) is 2.52. The van der Waals surface area contributed by atoms with E-state index in [0.29, 0.717) is 24.0 Å². The molecule has 23 heavy (non-hydrogen) atoms. The van der Waals surface area contributed by atoms with E-state index in [4.69, 9.17) is 4.74 Å². The van der Waals surface area contributed by atoms with Gasteiger partial charge in [0.05, 0.1) is 11.5 Å². The van der Waals surface area contributed by atoms with Crippen molar-refractivity contribution in [2.24, 2.45) is 0 Å². The number of benzene rings is 1. The average Bonchev–Trinajstić information content (AvgIpc) is 2.75. The number of imide groups is 1. The van der Waals surface area contributed by atoms with Crippen LogP contribution < -0.4 is 4.74 Å². The summed E-state index contributed by atoms with van der Waals surface area (Å²) in [5, 5.41) is -0.198.